The van der Waals surface area contributed by atoms with Crippen LogP contribution in [0.1, 0.15) is 19.3 Å². The molecular formula is C14H18BrFN2O2S. The van der Waals surface area contributed by atoms with Gasteiger partial charge in [-0.25, -0.2) is 12.8 Å². The van der Waals surface area contributed by atoms with Crippen LogP contribution in [0.3, 0.4) is 0 Å². The van der Waals surface area contributed by atoms with Gasteiger partial charge in [-0.05, 0) is 53.5 Å². The van der Waals surface area contributed by atoms with Crippen molar-refractivity contribution in [2.75, 3.05) is 26.2 Å². The molecule has 0 N–H and O–H groups in total. The highest BCUT2D eigenvalue weighted by molar-refractivity contribution is 9.10. The normalized spacial score (nSPS) is 24.8. The lowest BCUT2D eigenvalue weighted by atomic mass is 10.0. The van der Waals surface area contributed by atoms with E-state index in [2.05, 4.69) is 20.8 Å². The Morgan fingerprint density at radius 3 is 2.76 bits per heavy atom. The van der Waals surface area contributed by atoms with E-state index in [1.165, 1.54) is 22.9 Å². The second-order valence-electron chi connectivity index (χ2n) is 5.62. The molecule has 7 heteroatoms. The first-order valence-corrected chi connectivity index (χ1v) is 9.41. The number of benzene rings is 1. The van der Waals surface area contributed by atoms with E-state index >= 15 is 0 Å². The van der Waals surface area contributed by atoms with Gasteiger partial charge in [-0.1, -0.05) is 6.42 Å². The third kappa shape index (κ3) is 3.02. The first-order chi connectivity index (χ1) is 9.98. The fourth-order valence-corrected chi connectivity index (χ4v) is 4.86. The summed E-state index contributed by atoms with van der Waals surface area (Å²) in [4.78, 5) is 2.41. The predicted octanol–water partition coefficient (Wildman–Crippen LogP) is 2.45. The molecule has 0 amide bonds. The molecule has 3 rings (SSSR count). The first-order valence-electron chi connectivity index (χ1n) is 7.18. The molecular weight excluding hydrogens is 359 g/mol. The molecule has 1 aromatic rings. The van der Waals surface area contributed by atoms with E-state index in [1.54, 1.807) is 0 Å². The summed E-state index contributed by atoms with van der Waals surface area (Å²) in [7, 11) is -3.61. The summed E-state index contributed by atoms with van der Waals surface area (Å²) < 4.78 is 40.7. The summed E-state index contributed by atoms with van der Waals surface area (Å²) in [6, 6.07) is 4.30. The van der Waals surface area contributed by atoms with Crippen LogP contribution in [0.2, 0.25) is 0 Å². The molecule has 0 saturated carbocycles. The van der Waals surface area contributed by atoms with Crippen molar-refractivity contribution in [3.8, 4) is 0 Å². The van der Waals surface area contributed by atoms with E-state index in [0.717, 1.165) is 32.0 Å². The number of halogens is 2. The molecule has 2 aliphatic heterocycles. The summed E-state index contributed by atoms with van der Waals surface area (Å²) in [6.45, 7) is 2.82. The second kappa shape index (κ2) is 5.95. The fraction of sp³-hybridized carbons (Fsp3) is 0.571. The molecule has 0 radical (unpaired) electrons. The maximum Gasteiger partial charge on any atom is 0.243 e. The van der Waals surface area contributed by atoms with Crippen molar-refractivity contribution in [1.82, 2.24) is 9.21 Å². The van der Waals surface area contributed by atoms with Gasteiger partial charge in [0.1, 0.15) is 5.82 Å². The molecule has 0 spiro atoms. The van der Waals surface area contributed by atoms with Crippen LogP contribution in [-0.2, 0) is 10.0 Å². The standard InChI is InChI=1S/C14H18BrFN2O2S/c15-13-5-4-12(9-14(13)16)21(19,20)18-8-7-17-6-2-1-3-11(17)10-18/h4-5,9,11H,1-3,6-8,10H2. The highest BCUT2D eigenvalue weighted by Crippen LogP contribution is 2.27. The Bertz CT molecular complexity index is 638. The molecule has 116 valence electrons. The molecule has 1 aromatic carbocycles. The average Bonchev–Trinajstić information content (AvgIpc) is 2.49. The summed E-state index contributed by atoms with van der Waals surface area (Å²) >= 11 is 3.05. The monoisotopic (exact) mass is 376 g/mol. The zero-order valence-electron chi connectivity index (χ0n) is 11.6. The van der Waals surface area contributed by atoms with Crippen LogP contribution < -0.4 is 0 Å². The maximum atomic E-state index is 13.6. The number of hydrogen-bond acceptors (Lipinski definition) is 3. The van der Waals surface area contributed by atoms with Crippen molar-refractivity contribution in [1.29, 1.82) is 0 Å². The highest BCUT2D eigenvalue weighted by Gasteiger charge is 2.35. The van der Waals surface area contributed by atoms with Crippen molar-refractivity contribution in [2.24, 2.45) is 0 Å². The minimum atomic E-state index is -3.61. The van der Waals surface area contributed by atoms with Crippen LogP contribution in [0.15, 0.2) is 27.6 Å². The SMILES string of the molecule is O=S(=O)(c1ccc(Br)c(F)c1)N1CCN2CCCCC2C1. The molecule has 1 unspecified atom stereocenters. The Kier molecular flexibility index (Phi) is 4.36. The van der Waals surface area contributed by atoms with Crippen LogP contribution in [0.25, 0.3) is 0 Å². The number of nitrogens with zero attached hydrogens (tertiary/aromatic N) is 2. The number of sulfonamides is 1. The van der Waals surface area contributed by atoms with Gasteiger partial charge in [-0.3, -0.25) is 4.90 Å². The lowest BCUT2D eigenvalue weighted by Gasteiger charge is -2.43. The topological polar surface area (TPSA) is 40.6 Å². The summed E-state index contributed by atoms with van der Waals surface area (Å²) in [5, 5.41) is 0. The Hall–Kier alpha value is -0.500. The molecule has 1 atom stereocenters. The fourth-order valence-electron chi connectivity index (χ4n) is 3.13. The molecule has 0 bridgehead atoms. The number of fused-ring (bicyclic) bond motifs is 1. The number of piperidine rings is 1. The Morgan fingerprint density at radius 1 is 1.19 bits per heavy atom. The third-order valence-electron chi connectivity index (χ3n) is 4.33. The van der Waals surface area contributed by atoms with E-state index in [9.17, 15) is 12.8 Å². The lowest BCUT2D eigenvalue weighted by molar-refractivity contribution is 0.0851. The van der Waals surface area contributed by atoms with Gasteiger partial charge in [0.2, 0.25) is 10.0 Å². The van der Waals surface area contributed by atoms with Gasteiger partial charge in [-0.2, -0.15) is 4.31 Å². The zero-order chi connectivity index (χ0) is 15.0. The van der Waals surface area contributed by atoms with Crippen molar-refractivity contribution in [3.05, 3.63) is 28.5 Å². The summed E-state index contributed by atoms with van der Waals surface area (Å²) in [5.41, 5.74) is 0. The van der Waals surface area contributed by atoms with Crippen molar-refractivity contribution in [2.45, 2.75) is 30.2 Å². The van der Waals surface area contributed by atoms with E-state index < -0.39 is 15.8 Å². The van der Waals surface area contributed by atoms with Gasteiger partial charge >= 0.3 is 0 Å². The summed E-state index contributed by atoms with van der Waals surface area (Å²) in [5.74, 6) is -0.549. The minimum Gasteiger partial charge on any atom is -0.298 e. The molecule has 2 heterocycles. The number of piperazine rings is 1. The van der Waals surface area contributed by atoms with Crippen molar-refractivity contribution in [3.63, 3.8) is 0 Å². The van der Waals surface area contributed by atoms with Gasteiger partial charge in [-0.15, -0.1) is 0 Å². The smallest absolute Gasteiger partial charge is 0.243 e. The van der Waals surface area contributed by atoms with Gasteiger partial charge in [0.25, 0.3) is 0 Å². The van der Waals surface area contributed by atoms with Gasteiger partial charge < -0.3 is 0 Å². The van der Waals surface area contributed by atoms with Crippen LogP contribution in [0.5, 0.6) is 0 Å². The zero-order valence-corrected chi connectivity index (χ0v) is 14.0. The maximum absolute atomic E-state index is 13.6. The van der Waals surface area contributed by atoms with Crippen LogP contribution >= 0.6 is 15.9 Å². The minimum absolute atomic E-state index is 0.0347. The van der Waals surface area contributed by atoms with Crippen LogP contribution in [0.4, 0.5) is 4.39 Å². The third-order valence-corrected chi connectivity index (χ3v) is 6.83. The van der Waals surface area contributed by atoms with Crippen molar-refractivity contribution < 1.29 is 12.8 Å². The number of rotatable bonds is 2. The summed E-state index contributed by atoms with van der Waals surface area (Å²) in [6.07, 6.45) is 3.39. The average molecular weight is 377 g/mol. The van der Waals surface area contributed by atoms with Gasteiger partial charge in [0.15, 0.2) is 0 Å². The Labute approximate surface area is 133 Å². The van der Waals surface area contributed by atoms with Gasteiger partial charge in [0, 0.05) is 25.7 Å². The second-order valence-corrected chi connectivity index (χ2v) is 8.42. The molecule has 0 aromatic heterocycles. The molecule has 2 fully saturated rings. The molecule has 2 saturated heterocycles. The molecule has 21 heavy (non-hydrogen) atoms. The molecule has 2 aliphatic rings. The largest absolute Gasteiger partial charge is 0.298 e. The van der Waals surface area contributed by atoms with E-state index in [-0.39, 0.29) is 9.37 Å². The van der Waals surface area contributed by atoms with Crippen molar-refractivity contribution >= 4 is 26.0 Å². The number of hydrogen-bond donors (Lipinski definition) is 0. The van der Waals surface area contributed by atoms with E-state index in [1.807, 2.05) is 0 Å². The van der Waals surface area contributed by atoms with Crippen LogP contribution in [0, 0.1) is 5.82 Å². The van der Waals surface area contributed by atoms with E-state index in [0.29, 0.717) is 19.1 Å². The first kappa shape index (κ1) is 15.4. The lowest BCUT2D eigenvalue weighted by Crippen LogP contribution is -2.56. The quantitative estimate of drug-likeness (QED) is 0.795. The van der Waals surface area contributed by atoms with Crippen LogP contribution in [-0.4, -0.2) is 49.8 Å². The van der Waals surface area contributed by atoms with Gasteiger partial charge in [0.05, 0.1) is 9.37 Å². The van der Waals surface area contributed by atoms with E-state index in [4.69, 9.17) is 0 Å². The predicted molar refractivity (Wildman–Crippen MR) is 82.1 cm³/mol. The molecule has 0 aliphatic carbocycles. The Morgan fingerprint density at radius 2 is 2.00 bits per heavy atom. The Balaban J connectivity index is 1.83. The highest BCUT2D eigenvalue weighted by atomic mass is 79.9. The molecule has 4 nitrogen and oxygen atoms in total.